The molecule has 0 heterocycles. The predicted molar refractivity (Wildman–Crippen MR) is 49.3 cm³/mol. The molecule has 0 bridgehead atoms. The van der Waals surface area contributed by atoms with Gasteiger partial charge in [0.2, 0.25) is 0 Å². The van der Waals surface area contributed by atoms with Crippen LogP contribution in [0.25, 0.3) is 0 Å². The van der Waals surface area contributed by atoms with Crippen LogP contribution in [0.1, 0.15) is 35.5 Å². The molecule has 0 amide bonds. The summed E-state index contributed by atoms with van der Waals surface area (Å²) in [6.07, 6.45) is 1.30. The third-order valence-corrected chi connectivity index (χ3v) is 1.45. The zero-order valence-electron chi connectivity index (χ0n) is 7.78. The second-order valence-corrected chi connectivity index (χ2v) is 3.78. The molecular formula is C9H23N. The van der Waals surface area contributed by atoms with Crippen LogP contribution in [-0.4, -0.2) is 13.1 Å². The summed E-state index contributed by atoms with van der Waals surface area (Å²) >= 11 is 0. The van der Waals surface area contributed by atoms with Gasteiger partial charge in [0.15, 0.2) is 0 Å². The molecule has 0 saturated carbocycles. The van der Waals surface area contributed by atoms with Crippen molar-refractivity contribution in [2.45, 2.75) is 34.1 Å². The van der Waals surface area contributed by atoms with Gasteiger partial charge in [-0.25, -0.2) is 0 Å². The van der Waals surface area contributed by atoms with E-state index in [1.807, 2.05) is 0 Å². The molecule has 0 radical (unpaired) electrons. The van der Waals surface area contributed by atoms with Crippen LogP contribution >= 0.6 is 0 Å². The van der Waals surface area contributed by atoms with Gasteiger partial charge in [-0.05, 0) is 31.3 Å². The van der Waals surface area contributed by atoms with Crippen molar-refractivity contribution < 1.29 is 1.43 Å². The van der Waals surface area contributed by atoms with Crippen LogP contribution in [0.2, 0.25) is 0 Å². The van der Waals surface area contributed by atoms with E-state index in [0.29, 0.717) is 0 Å². The maximum Gasteiger partial charge on any atom is 0 e. The molecule has 1 N–H and O–H groups in total. The van der Waals surface area contributed by atoms with Gasteiger partial charge in [-0.15, -0.1) is 0 Å². The Morgan fingerprint density at radius 1 is 1.10 bits per heavy atom. The van der Waals surface area contributed by atoms with Crippen molar-refractivity contribution in [3.63, 3.8) is 0 Å². The lowest BCUT2D eigenvalue weighted by molar-refractivity contribution is 0.498. The van der Waals surface area contributed by atoms with Gasteiger partial charge in [0.05, 0.1) is 0 Å². The van der Waals surface area contributed by atoms with Crippen LogP contribution in [0.3, 0.4) is 0 Å². The molecule has 0 rings (SSSR count). The first-order valence-corrected chi connectivity index (χ1v) is 4.33. The fraction of sp³-hybridized carbons (Fsp3) is 1.00. The van der Waals surface area contributed by atoms with Crippen molar-refractivity contribution in [3.8, 4) is 0 Å². The van der Waals surface area contributed by atoms with Gasteiger partial charge in [0.1, 0.15) is 0 Å². The average Bonchev–Trinajstić information content (AvgIpc) is 1.79. The highest BCUT2D eigenvalue weighted by Crippen LogP contribution is 1.96. The zero-order chi connectivity index (χ0) is 7.98. The lowest BCUT2D eigenvalue weighted by Gasteiger charge is -2.08. The quantitative estimate of drug-likeness (QED) is 0.586. The number of rotatable bonds is 5. The lowest BCUT2D eigenvalue weighted by Crippen LogP contribution is -2.21. The molecule has 0 aromatic heterocycles. The second-order valence-electron chi connectivity index (χ2n) is 3.78. The van der Waals surface area contributed by atoms with Crippen LogP contribution in [-0.2, 0) is 0 Å². The minimum absolute atomic E-state index is 0. The van der Waals surface area contributed by atoms with E-state index < -0.39 is 0 Å². The summed E-state index contributed by atoms with van der Waals surface area (Å²) in [5, 5.41) is 3.42. The first-order valence-electron chi connectivity index (χ1n) is 4.33. The Hall–Kier alpha value is -0.0400. The molecule has 0 aliphatic heterocycles. The molecule has 0 unspecified atom stereocenters. The van der Waals surface area contributed by atoms with E-state index in [1.165, 1.54) is 13.0 Å². The smallest absolute Gasteiger partial charge is 0 e. The molecule has 10 heavy (non-hydrogen) atoms. The van der Waals surface area contributed by atoms with Gasteiger partial charge in [0, 0.05) is 1.43 Å². The highest BCUT2D eigenvalue weighted by atomic mass is 14.8. The Balaban J connectivity index is 0. The molecule has 1 heteroatoms. The second kappa shape index (κ2) is 5.72. The monoisotopic (exact) mass is 145 g/mol. The van der Waals surface area contributed by atoms with Gasteiger partial charge < -0.3 is 5.32 Å². The van der Waals surface area contributed by atoms with Crippen molar-refractivity contribution in [2.75, 3.05) is 13.1 Å². The molecule has 64 valence electrons. The fourth-order valence-corrected chi connectivity index (χ4v) is 0.781. The summed E-state index contributed by atoms with van der Waals surface area (Å²) in [5.74, 6) is 1.62. The predicted octanol–water partition coefficient (Wildman–Crippen LogP) is 2.52. The third kappa shape index (κ3) is 7.96. The van der Waals surface area contributed by atoms with Crippen LogP contribution in [0, 0.1) is 11.8 Å². The molecule has 1 nitrogen and oxygen atoms in total. The van der Waals surface area contributed by atoms with E-state index in [1.54, 1.807) is 0 Å². The summed E-state index contributed by atoms with van der Waals surface area (Å²) in [5.41, 5.74) is 0. The Labute approximate surface area is 66.7 Å². The molecule has 0 fully saturated rings. The summed E-state index contributed by atoms with van der Waals surface area (Å²) < 4.78 is 0. The van der Waals surface area contributed by atoms with Gasteiger partial charge in [-0.1, -0.05) is 27.7 Å². The highest BCUT2D eigenvalue weighted by Gasteiger charge is 1.94. The average molecular weight is 145 g/mol. The Kier molecular flexibility index (Phi) is 5.70. The van der Waals surface area contributed by atoms with Crippen molar-refractivity contribution in [3.05, 3.63) is 0 Å². The van der Waals surface area contributed by atoms with E-state index in [2.05, 4.69) is 33.0 Å². The zero-order valence-corrected chi connectivity index (χ0v) is 7.78. The van der Waals surface area contributed by atoms with Gasteiger partial charge in [0.25, 0.3) is 0 Å². The number of nitrogens with one attached hydrogen (secondary N) is 1. The van der Waals surface area contributed by atoms with Crippen molar-refractivity contribution >= 4 is 0 Å². The Bertz CT molecular complexity index is 62.0. The van der Waals surface area contributed by atoms with E-state index in [9.17, 15) is 0 Å². The van der Waals surface area contributed by atoms with Gasteiger partial charge in [-0.3, -0.25) is 0 Å². The van der Waals surface area contributed by atoms with Crippen molar-refractivity contribution in [1.29, 1.82) is 0 Å². The molecular weight excluding hydrogens is 122 g/mol. The topological polar surface area (TPSA) is 12.0 Å². The van der Waals surface area contributed by atoms with E-state index in [0.717, 1.165) is 18.4 Å². The molecule has 0 aliphatic carbocycles. The molecule has 0 aliphatic rings. The maximum absolute atomic E-state index is 3.42. The summed E-state index contributed by atoms with van der Waals surface area (Å²) in [7, 11) is 0. The maximum atomic E-state index is 3.42. The summed E-state index contributed by atoms with van der Waals surface area (Å²) in [6.45, 7) is 11.3. The van der Waals surface area contributed by atoms with Crippen molar-refractivity contribution in [1.82, 2.24) is 5.32 Å². The standard InChI is InChI=1S/C9H21N.H2/c1-8(2)5-6-10-7-9(3)4;/h8-10H,5-7H2,1-4H3;1H. The van der Waals surface area contributed by atoms with E-state index >= 15 is 0 Å². The Morgan fingerprint density at radius 2 is 1.70 bits per heavy atom. The molecule has 0 aromatic carbocycles. The van der Waals surface area contributed by atoms with Gasteiger partial charge in [-0.2, -0.15) is 0 Å². The SMILES string of the molecule is CC(C)CCNCC(C)C.[HH]. The Morgan fingerprint density at radius 3 is 2.10 bits per heavy atom. The van der Waals surface area contributed by atoms with Crippen LogP contribution in [0.15, 0.2) is 0 Å². The fourth-order valence-electron chi connectivity index (χ4n) is 0.781. The van der Waals surface area contributed by atoms with E-state index in [-0.39, 0.29) is 1.43 Å². The molecule has 0 saturated heterocycles. The summed E-state index contributed by atoms with van der Waals surface area (Å²) in [6, 6.07) is 0. The van der Waals surface area contributed by atoms with E-state index in [4.69, 9.17) is 0 Å². The normalized spacial score (nSPS) is 11.4. The van der Waals surface area contributed by atoms with Gasteiger partial charge >= 0.3 is 0 Å². The molecule has 0 spiro atoms. The van der Waals surface area contributed by atoms with Crippen LogP contribution in [0.5, 0.6) is 0 Å². The minimum Gasteiger partial charge on any atom is -0.316 e. The largest absolute Gasteiger partial charge is 0.316 e. The van der Waals surface area contributed by atoms with Crippen molar-refractivity contribution in [2.24, 2.45) is 11.8 Å². The van der Waals surface area contributed by atoms with Crippen LogP contribution in [0.4, 0.5) is 0 Å². The van der Waals surface area contributed by atoms with Crippen LogP contribution < -0.4 is 5.32 Å². The third-order valence-electron chi connectivity index (χ3n) is 1.45. The minimum atomic E-state index is 0. The molecule has 0 atom stereocenters. The first-order chi connectivity index (χ1) is 4.63. The first kappa shape index (κ1) is 9.96. The lowest BCUT2D eigenvalue weighted by atomic mass is 10.1. The highest BCUT2D eigenvalue weighted by molar-refractivity contribution is 4.52. The molecule has 0 aromatic rings. The summed E-state index contributed by atoms with van der Waals surface area (Å²) in [4.78, 5) is 0. The number of hydrogen-bond acceptors (Lipinski definition) is 1. The number of hydrogen-bond donors (Lipinski definition) is 1.